The molecule has 6 nitrogen and oxygen atoms in total. The monoisotopic (exact) mass is 227 g/mol. The van der Waals surface area contributed by atoms with Crippen LogP contribution in [0, 0.1) is 0 Å². The van der Waals surface area contributed by atoms with E-state index in [0.717, 1.165) is 0 Å². The molecule has 90 valence electrons. The highest BCUT2D eigenvalue weighted by molar-refractivity contribution is 5.20. The number of nitrogens with zero attached hydrogens (tertiary/aromatic N) is 2. The third kappa shape index (κ3) is 3.73. The van der Waals surface area contributed by atoms with E-state index in [-0.39, 0.29) is 6.04 Å². The normalized spacial score (nSPS) is 12.4. The van der Waals surface area contributed by atoms with E-state index in [2.05, 4.69) is 9.97 Å². The van der Waals surface area contributed by atoms with Crippen LogP contribution in [-0.2, 0) is 9.47 Å². The van der Waals surface area contributed by atoms with E-state index >= 15 is 0 Å². The number of aromatic nitrogens is 2. The lowest BCUT2D eigenvalue weighted by molar-refractivity contribution is 0.0627. The molecule has 0 amide bonds. The Bertz CT molecular complexity index is 309. The van der Waals surface area contributed by atoms with Crippen molar-refractivity contribution in [3.63, 3.8) is 0 Å². The van der Waals surface area contributed by atoms with Crippen LogP contribution in [0.15, 0.2) is 12.4 Å². The minimum Gasteiger partial charge on any atom is -0.480 e. The summed E-state index contributed by atoms with van der Waals surface area (Å²) in [6.07, 6.45) is 3.13. The lowest BCUT2D eigenvalue weighted by atomic mass is 10.2. The first-order chi connectivity index (χ1) is 7.79. The molecule has 2 N–H and O–H groups in total. The third-order valence-electron chi connectivity index (χ3n) is 1.96. The van der Waals surface area contributed by atoms with Crippen molar-refractivity contribution >= 4 is 0 Å². The summed E-state index contributed by atoms with van der Waals surface area (Å²) in [6.45, 7) is 1.41. The second kappa shape index (κ2) is 7.10. The summed E-state index contributed by atoms with van der Waals surface area (Å²) < 4.78 is 15.2. The first-order valence-electron chi connectivity index (χ1n) is 4.96. The molecular weight excluding hydrogens is 210 g/mol. The second-order valence-electron chi connectivity index (χ2n) is 3.13. The van der Waals surface area contributed by atoms with Gasteiger partial charge in [-0.2, -0.15) is 0 Å². The summed E-state index contributed by atoms with van der Waals surface area (Å²) in [4.78, 5) is 8.14. The van der Waals surface area contributed by atoms with Crippen molar-refractivity contribution in [2.45, 2.75) is 6.04 Å². The maximum absolute atomic E-state index is 5.91. The summed E-state index contributed by atoms with van der Waals surface area (Å²) in [5, 5.41) is 0. The van der Waals surface area contributed by atoms with Crippen LogP contribution in [0.2, 0.25) is 0 Å². The van der Waals surface area contributed by atoms with Crippen molar-refractivity contribution in [3.8, 4) is 5.88 Å². The van der Waals surface area contributed by atoms with Gasteiger partial charge in [-0.1, -0.05) is 0 Å². The van der Waals surface area contributed by atoms with Gasteiger partial charge in [-0.25, -0.2) is 4.98 Å². The van der Waals surface area contributed by atoms with Gasteiger partial charge in [-0.3, -0.25) is 4.98 Å². The van der Waals surface area contributed by atoms with Crippen molar-refractivity contribution < 1.29 is 14.2 Å². The molecule has 0 aliphatic heterocycles. The number of methoxy groups -OCH3 is 2. The zero-order chi connectivity index (χ0) is 11.8. The first-order valence-corrected chi connectivity index (χ1v) is 4.96. The van der Waals surface area contributed by atoms with E-state index in [4.69, 9.17) is 19.9 Å². The van der Waals surface area contributed by atoms with Crippen molar-refractivity contribution in [2.75, 3.05) is 34.0 Å². The largest absolute Gasteiger partial charge is 0.480 e. The van der Waals surface area contributed by atoms with Gasteiger partial charge in [0.25, 0.3) is 0 Å². The third-order valence-corrected chi connectivity index (χ3v) is 1.96. The van der Waals surface area contributed by atoms with Crippen molar-refractivity contribution in [2.24, 2.45) is 5.73 Å². The van der Waals surface area contributed by atoms with Crippen molar-refractivity contribution in [1.29, 1.82) is 0 Å². The van der Waals surface area contributed by atoms with Crippen molar-refractivity contribution in [3.05, 3.63) is 18.1 Å². The average Bonchev–Trinajstić information content (AvgIpc) is 2.34. The highest BCUT2D eigenvalue weighted by Gasteiger charge is 2.14. The topological polar surface area (TPSA) is 79.5 Å². The maximum atomic E-state index is 5.91. The van der Waals surface area contributed by atoms with Gasteiger partial charge >= 0.3 is 0 Å². The minimum absolute atomic E-state index is 0.347. The van der Waals surface area contributed by atoms with E-state index in [9.17, 15) is 0 Å². The molecule has 1 aromatic rings. The molecule has 1 aromatic heterocycles. The molecule has 1 heterocycles. The maximum Gasteiger partial charge on any atom is 0.237 e. The number of hydrogen-bond donors (Lipinski definition) is 1. The standard InChI is InChI=1S/C10H17N3O3/c1-14-5-6-16-7-8(11)9-10(15-2)13-4-3-12-9/h3-4,8H,5-7,11H2,1-2H3. The molecule has 1 rings (SSSR count). The number of hydrogen-bond acceptors (Lipinski definition) is 6. The van der Waals surface area contributed by atoms with Crippen LogP contribution in [0.3, 0.4) is 0 Å². The van der Waals surface area contributed by atoms with Gasteiger partial charge in [0, 0.05) is 19.5 Å². The molecule has 0 saturated carbocycles. The van der Waals surface area contributed by atoms with Gasteiger partial charge in [0.05, 0.1) is 33.0 Å². The molecule has 0 spiro atoms. The molecule has 1 atom stereocenters. The molecule has 0 bridgehead atoms. The van der Waals surface area contributed by atoms with E-state index in [0.29, 0.717) is 31.4 Å². The predicted molar refractivity (Wildman–Crippen MR) is 58.2 cm³/mol. The Morgan fingerprint density at radius 1 is 1.25 bits per heavy atom. The number of rotatable bonds is 7. The van der Waals surface area contributed by atoms with E-state index in [1.807, 2.05) is 0 Å². The van der Waals surface area contributed by atoms with Crippen LogP contribution < -0.4 is 10.5 Å². The van der Waals surface area contributed by atoms with Gasteiger partial charge in [0.15, 0.2) is 0 Å². The summed E-state index contributed by atoms with van der Waals surface area (Å²) in [7, 11) is 3.15. The highest BCUT2D eigenvalue weighted by Crippen LogP contribution is 2.17. The zero-order valence-corrected chi connectivity index (χ0v) is 9.55. The smallest absolute Gasteiger partial charge is 0.237 e. The summed E-state index contributed by atoms with van der Waals surface area (Å²) >= 11 is 0. The Labute approximate surface area is 94.7 Å². The fraction of sp³-hybridized carbons (Fsp3) is 0.600. The van der Waals surface area contributed by atoms with E-state index in [1.54, 1.807) is 19.5 Å². The Hall–Kier alpha value is -1.24. The molecule has 0 radical (unpaired) electrons. The van der Waals surface area contributed by atoms with Crippen LogP contribution >= 0.6 is 0 Å². The predicted octanol–water partition coefficient (Wildman–Crippen LogP) is 0.148. The van der Waals surface area contributed by atoms with Crippen LogP contribution in [0.4, 0.5) is 0 Å². The molecule has 16 heavy (non-hydrogen) atoms. The molecule has 0 saturated heterocycles. The highest BCUT2D eigenvalue weighted by atomic mass is 16.5. The first kappa shape index (κ1) is 12.8. The fourth-order valence-corrected chi connectivity index (χ4v) is 1.18. The SMILES string of the molecule is COCCOCC(N)c1nccnc1OC. The second-order valence-corrected chi connectivity index (χ2v) is 3.13. The Morgan fingerprint density at radius 3 is 2.69 bits per heavy atom. The van der Waals surface area contributed by atoms with Crippen LogP contribution in [0.5, 0.6) is 5.88 Å². The molecule has 0 aliphatic rings. The molecule has 0 aromatic carbocycles. The van der Waals surface area contributed by atoms with Crippen LogP contribution in [-0.4, -0.2) is 44.0 Å². The fourth-order valence-electron chi connectivity index (χ4n) is 1.18. The minimum atomic E-state index is -0.347. The van der Waals surface area contributed by atoms with Gasteiger partial charge in [-0.15, -0.1) is 0 Å². The molecule has 6 heteroatoms. The van der Waals surface area contributed by atoms with Crippen LogP contribution in [0.1, 0.15) is 11.7 Å². The lowest BCUT2D eigenvalue weighted by Gasteiger charge is -2.13. The Balaban J connectivity index is 2.48. The molecule has 1 unspecified atom stereocenters. The Kier molecular flexibility index (Phi) is 5.69. The molecule has 0 fully saturated rings. The zero-order valence-electron chi connectivity index (χ0n) is 9.55. The van der Waals surface area contributed by atoms with Crippen LogP contribution in [0.25, 0.3) is 0 Å². The van der Waals surface area contributed by atoms with E-state index in [1.165, 1.54) is 7.11 Å². The van der Waals surface area contributed by atoms with Gasteiger partial charge < -0.3 is 19.9 Å². The summed E-state index contributed by atoms with van der Waals surface area (Å²) in [6, 6.07) is -0.347. The van der Waals surface area contributed by atoms with Gasteiger partial charge in [-0.05, 0) is 0 Å². The average molecular weight is 227 g/mol. The molecule has 0 aliphatic carbocycles. The van der Waals surface area contributed by atoms with Gasteiger partial charge in [0.1, 0.15) is 5.69 Å². The summed E-state index contributed by atoms with van der Waals surface area (Å²) in [5.41, 5.74) is 6.50. The molecular formula is C10H17N3O3. The lowest BCUT2D eigenvalue weighted by Crippen LogP contribution is -2.20. The Morgan fingerprint density at radius 2 is 2.00 bits per heavy atom. The summed E-state index contributed by atoms with van der Waals surface area (Å²) in [5.74, 6) is 0.436. The van der Waals surface area contributed by atoms with Gasteiger partial charge in [0.2, 0.25) is 5.88 Å². The number of ether oxygens (including phenoxy) is 3. The van der Waals surface area contributed by atoms with E-state index < -0.39 is 0 Å². The number of nitrogens with two attached hydrogens (primary N) is 1. The quantitative estimate of drug-likeness (QED) is 0.668. The van der Waals surface area contributed by atoms with Crippen molar-refractivity contribution in [1.82, 2.24) is 9.97 Å².